The topological polar surface area (TPSA) is 37.4 Å². The number of hydrogen-bond acceptors (Lipinski definition) is 2. The summed E-state index contributed by atoms with van der Waals surface area (Å²) in [7, 11) is 1.68. The second-order valence-corrected chi connectivity index (χ2v) is 5.44. The average Bonchev–Trinajstić information content (AvgIpc) is 1.80. The molecule has 3 nitrogen and oxygen atoms in total. The van der Waals surface area contributed by atoms with Crippen LogP contribution in [0.3, 0.4) is 0 Å². The van der Waals surface area contributed by atoms with Gasteiger partial charge in [-0.3, -0.25) is 0 Å². The molecule has 0 aromatic heterocycles. The molecule has 9 heavy (non-hydrogen) atoms. The van der Waals surface area contributed by atoms with Crippen LogP contribution >= 0.6 is 0 Å². The summed E-state index contributed by atoms with van der Waals surface area (Å²) < 4.78 is 0.126. The van der Waals surface area contributed by atoms with Gasteiger partial charge in [-0.1, -0.05) is 0 Å². The molecule has 0 bridgehead atoms. The first-order valence-corrected chi connectivity index (χ1v) is 5.63. The molecule has 0 N–H and O–H groups in total. The summed E-state index contributed by atoms with van der Waals surface area (Å²) in [6, 6.07) is 0. The third-order valence-corrected chi connectivity index (χ3v) is 4.11. The van der Waals surface area contributed by atoms with Crippen molar-refractivity contribution in [3.05, 3.63) is 12.3 Å². The number of nitrogens with zero attached hydrogens (tertiary/aromatic N) is 1. The molecule has 1 amide bonds. The summed E-state index contributed by atoms with van der Waals surface area (Å²) in [4.78, 5) is 22.8. The van der Waals surface area contributed by atoms with Crippen molar-refractivity contribution in [2.24, 2.45) is 0 Å². The molecule has 0 atom stereocenters. The fraction of sp³-hybridized carbons (Fsp3) is 0.200. The van der Waals surface area contributed by atoms with Crippen LogP contribution in [-0.4, -0.2) is 20.8 Å². The van der Waals surface area contributed by atoms with E-state index >= 15 is 0 Å². The minimum atomic E-state index is -1.53. The minimum absolute atomic E-state index is 0.0509. The van der Waals surface area contributed by atoms with E-state index in [0.29, 0.717) is 0 Å². The Morgan fingerprint density at radius 1 is 1.56 bits per heavy atom. The van der Waals surface area contributed by atoms with Gasteiger partial charge in [0.05, 0.1) is 0 Å². The van der Waals surface area contributed by atoms with Gasteiger partial charge in [0.2, 0.25) is 0 Å². The van der Waals surface area contributed by atoms with Crippen LogP contribution in [0.1, 0.15) is 0 Å². The molecule has 0 fully saturated rings. The molecule has 0 spiro atoms. The summed E-state index contributed by atoms with van der Waals surface area (Å²) >= 11 is -1.53. The Labute approximate surface area is 60.3 Å². The van der Waals surface area contributed by atoms with Gasteiger partial charge in [-0.2, -0.15) is 0 Å². The molecule has 0 saturated carbocycles. The predicted octanol–water partition coefficient (Wildman–Crippen LogP) is 0.175. The Bertz CT molecular complexity index is 187. The predicted molar refractivity (Wildman–Crippen MR) is 27.3 cm³/mol. The molecule has 44 valence electrons. The number of amides is 1. The summed E-state index contributed by atoms with van der Waals surface area (Å²) in [5, 5.41) is 0. The maximum atomic E-state index is 10.7. The first-order valence-electron chi connectivity index (χ1n) is 2.67. The number of allylic oxidation sites excluding steroid dienone is 1. The van der Waals surface area contributed by atoms with Crippen LogP contribution < -0.4 is 0 Å². The van der Waals surface area contributed by atoms with Crippen LogP contribution in [0.5, 0.6) is 0 Å². The van der Waals surface area contributed by atoms with Crippen molar-refractivity contribution in [1.29, 1.82) is 0 Å². The zero-order valence-corrected chi connectivity index (χ0v) is 8.09. The molecular weight excluding hydrogens is 171 g/mol. The van der Waals surface area contributed by atoms with Gasteiger partial charge in [0, 0.05) is 0 Å². The normalized spacial score (nSPS) is 17.2. The molecule has 0 aromatic carbocycles. The molecule has 0 aromatic rings. The quantitative estimate of drug-likeness (QED) is 0.494. The zero-order valence-electron chi connectivity index (χ0n) is 5.13. The summed E-state index contributed by atoms with van der Waals surface area (Å²) in [6.45, 7) is 0. The van der Waals surface area contributed by atoms with Gasteiger partial charge >= 0.3 is 59.8 Å². The molecule has 1 rings (SSSR count). The zero-order chi connectivity index (χ0) is 6.85. The maximum absolute atomic E-state index is 10.7. The van der Waals surface area contributed by atoms with Crippen molar-refractivity contribution in [3.63, 3.8) is 0 Å². The summed E-state index contributed by atoms with van der Waals surface area (Å²) in [5.41, 5.74) is 0. The van der Waals surface area contributed by atoms with E-state index in [2.05, 4.69) is 0 Å². The van der Waals surface area contributed by atoms with Gasteiger partial charge in [-0.05, 0) is 0 Å². The second kappa shape index (κ2) is 2.40. The van der Waals surface area contributed by atoms with E-state index in [1.807, 2.05) is 0 Å². The molecule has 1 heterocycles. The third-order valence-electron chi connectivity index (χ3n) is 1.20. The Morgan fingerprint density at radius 3 is 2.67 bits per heavy atom. The molecule has 1 aliphatic heterocycles. The van der Waals surface area contributed by atoms with E-state index in [1.54, 1.807) is 7.05 Å². The monoisotopic (exact) mass is 175 g/mol. The first kappa shape index (κ1) is 6.62. The van der Waals surface area contributed by atoms with Crippen molar-refractivity contribution in [2.75, 3.05) is 7.05 Å². The molecular formula is C5H5NO2Zn. The van der Waals surface area contributed by atoms with Crippen LogP contribution in [0, 0.1) is 0 Å². The molecule has 4 heteroatoms. The van der Waals surface area contributed by atoms with E-state index in [9.17, 15) is 9.59 Å². The van der Waals surface area contributed by atoms with E-state index in [1.165, 1.54) is 17.2 Å². The molecule has 0 aliphatic carbocycles. The molecule has 0 unspecified atom stereocenters. The fourth-order valence-corrected chi connectivity index (χ4v) is 2.45. The van der Waals surface area contributed by atoms with Crippen LogP contribution in [0.4, 0.5) is 4.79 Å². The Morgan fingerprint density at radius 2 is 2.22 bits per heavy atom. The molecule has 0 saturated heterocycles. The van der Waals surface area contributed by atoms with Gasteiger partial charge < -0.3 is 0 Å². The number of hydrogen-bond donors (Lipinski definition) is 0. The average molecular weight is 176 g/mol. The Hall–Kier alpha value is -0.497. The third kappa shape index (κ3) is 1.45. The van der Waals surface area contributed by atoms with Gasteiger partial charge in [-0.25, -0.2) is 0 Å². The van der Waals surface area contributed by atoms with Crippen molar-refractivity contribution in [3.8, 4) is 0 Å². The van der Waals surface area contributed by atoms with Crippen molar-refractivity contribution >= 4 is 8.88 Å². The Kier molecular flexibility index (Phi) is 1.76. The first-order chi connectivity index (χ1) is 4.20. The van der Waals surface area contributed by atoms with Crippen LogP contribution in [-0.2, 0) is 21.9 Å². The van der Waals surface area contributed by atoms with Gasteiger partial charge in [0.15, 0.2) is 0 Å². The van der Waals surface area contributed by atoms with Crippen molar-refractivity contribution in [2.45, 2.75) is 0 Å². The van der Waals surface area contributed by atoms with Crippen LogP contribution in [0.2, 0.25) is 0 Å². The number of carbonyl (C=O) groups is 2. The van der Waals surface area contributed by atoms with Crippen molar-refractivity contribution < 1.29 is 26.7 Å². The van der Waals surface area contributed by atoms with E-state index in [0.717, 1.165) is 0 Å². The van der Waals surface area contributed by atoms with E-state index in [4.69, 9.17) is 0 Å². The van der Waals surface area contributed by atoms with E-state index in [-0.39, 0.29) is 8.88 Å². The molecule has 1 aliphatic rings. The van der Waals surface area contributed by atoms with Gasteiger partial charge in [-0.15, -0.1) is 0 Å². The van der Waals surface area contributed by atoms with Gasteiger partial charge in [0.25, 0.3) is 0 Å². The SMILES string of the molecule is CN1C=C[C](=O)[Zn][C]1=O. The summed E-state index contributed by atoms with van der Waals surface area (Å²) in [6.07, 6.45) is 3.01. The Balaban J connectivity index is 2.76. The number of rotatable bonds is 0. The fourth-order valence-electron chi connectivity index (χ4n) is 0.611. The van der Waals surface area contributed by atoms with E-state index < -0.39 is 17.1 Å². The number of carbonyl (C=O) groups excluding carboxylic acids is 2. The van der Waals surface area contributed by atoms with Crippen molar-refractivity contribution in [1.82, 2.24) is 4.90 Å². The standard InChI is InChI=1S/C5H5NO2.Zn/c1-6(5-8)3-2-4-7;/h2-3H,1H3;. The summed E-state index contributed by atoms with van der Waals surface area (Å²) in [5.74, 6) is 0. The van der Waals surface area contributed by atoms with Gasteiger partial charge in [0.1, 0.15) is 0 Å². The molecule has 0 radical (unpaired) electrons. The van der Waals surface area contributed by atoms with Crippen LogP contribution in [0.15, 0.2) is 12.3 Å². The van der Waals surface area contributed by atoms with Crippen LogP contribution in [0.25, 0.3) is 0 Å². The second-order valence-electron chi connectivity index (χ2n) is 1.96.